The predicted octanol–water partition coefficient (Wildman–Crippen LogP) is 2.60. The minimum Gasteiger partial charge on any atom is -0.495 e. The maximum Gasteiger partial charge on any atom is 0.244 e. The zero-order valence-corrected chi connectivity index (χ0v) is 11.7. The van der Waals surface area contributed by atoms with Gasteiger partial charge in [0.15, 0.2) is 0 Å². The van der Waals surface area contributed by atoms with Crippen LogP contribution >= 0.6 is 0 Å². The molecule has 0 unspecified atom stereocenters. The van der Waals surface area contributed by atoms with E-state index in [1.807, 2.05) is 25.1 Å². The highest BCUT2D eigenvalue weighted by atomic mass is 16.5. The quantitative estimate of drug-likeness (QED) is 0.880. The van der Waals surface area contributed by atoms with E-state index in [-0.39, 0.29) is 5.91 Å². The molecule has 1 aliphatic rings. The summed E-state index contributed by atoms with van der Waals surface area (Å²) in [7, 11) is 1.60. The SMILES string of the molecule is COc1cc(C)ccc1NC(=O)C1(N)CCCCC1. The molecular formula is C15H22N2O2. The van der Waals surface area contributed by atoms with E-state index in [0.29, 0.717) is 11.4 Å². The van der Waals surface area contributed by atoms with Gasteiger partial charge in [-0.3, -0.25) is 4.79 Å². The van der Waals surface area contributed by atoms with Crippen LogP contribution in [0.15, 0.2) is 18.2 Å². The lowest BCUT2D eigenvalue weighted by Crippen LogP contribution is -2.52. The highest BCUT2D eigenvalue weighted by Crippen LogP contribution is 2.30. The average molecular weight is 262 g/mol. The van der Waals surface area contributed by atoms with Gasteiger partial charge >= 0.3 is 0 Å². The fraction of sp³-hybridized carbons (Fsp3) is 0.533. The largest absolute Gasteiger partial charge is 0.495 e. The van der Waals surface area contributed by atoms with E-state index in [2.05, 4.69) is 5.32 Å². The Balaban J connectivity index is 2.14. The molecule has 1 fully saturated rings. The molecule has 0 bridgehead atoms. The van der Waals surface area contributed by atoms with Gasteiger partial charge in [-0.05, 0) is 37.5 Å². The number of nitrogens with two attached hydrogens (primary N) is 1. The molecule has 1 amide bonds. The normalized spacial score (nSPS) is 17.8. The van der Waals surface area contributed by atoms with Crippen LogP contribution in [0.2, 0.25) is 0 Å². The zero-order chi connectivity index (χ0) is 13.9. The Hall–Kier alpha value is -1.55. The van der Waals surface area contributed by atoms with Crippen molar-refractivity contribution < 1.29 is 9.53 Å². The first kappa shape index (κ1) is 13.9. The number of carbonyl (C=O) groups excluding carboxylic acids is 1. The fourth-order valence-electron chi connectivity index (χ4n) is 2.56. The van der Waals surface area contributed by atoms with Crippen LogP contribution in [0.25, 0.3) is 0 Å². The molecule has 0 aromatic heterocycles. The van der Waals surface area contributed by atoms with E-state index in [4.69, 9.17) is 10.5 Å². The summed E-state index contributed by atoms with van der Waals surface area (Å²) in [6.07, 6.45) is 4.73. The molecule has 0 atom stereocenters. The van der Waals surface area contributed by atoms with Crippen molar-refractivity contribution in [3.05, 3.63) is 23.8 Å². The first-order valence-corrected chi connectivity index (χ1v) is 6.80. The number of carbonyl (C=O) groups is 1. The Labute approximate surface area is 114 Å². The van der Waals surface area contributed by atoms with Crippen molar-refractivity contribution in [2.24, 2.45) is 5.73 Å². The van der Waals surface area contributed by atoms with Crippen LogP contribution in [0.3, 0.4) is 0 Å². The molecule has 2 rings (SSSR count). The van der Waals surface area contributed by atoms with Crippen LogP contribution < -0.4 is 15.8 Å². The Bertz CT molecular complexity index is 465. The third kappa shape index (κ3) is 3.07. The van der Waals surface area contributed by atoms with E-state index in [1.165, 1.54) is 6.42 Å². The highest BCUT2D eigenvalue weighted by Gasteiger charge is 2.35. The van der Waals surface area contributed by atoms with Gasteiger partial charge in [-0.1, -0.05) is 25.3 Å². The molecule has 0 heterocycles. The van der Waals surface area contributed by atoms with Crippen molar-refractivity contribution >= 4 is 11.6 Å². The van der Waals surface area contributed by atoms with E-state index >= 15 is 0 Å². The number of hydrogen-bond donors (Lipinski definition) is 2. The standard InChI is InChI=1S/C15H22N2O2/c1-11-6-7-12(13(10-11)19-2)17-14(18)15(16)8-4-3-5-9-15/h6-7,10H,3-5,8-9,16H2,1-2H3,(H,17,18). The lowest BCUT2D eigenvalue weighted by atomic mass is 9.82. The molecule has 4 heteroatoms. The van der Waals surface area contributed by atoms with Crippen molar-refractivity contribution in [2.75, 3.05) is 12.4 Å². The number of benzene rings is 1. The molecule has 104 valence electrons. The summed E-state index contributed by atoms with van der Waals surface area (Å²) in [5, 5.41) is 2.91. The Morgan fingerprint density at radius 3 is 2.63 bits per heavy atom. The number of ether oxygens (including phenoxy) is 1. The Kier molecular flexibility index (Phi) is 4.10. The van der Waals surface area contributed by atoms with Crippen molar-refractivity contribution in [3.8, 4) is 5.75 Å². The van der Waals surface area contributed by atoms with Crippen LogP contribution in [-0.2, 0) is 4.79 Å². The highest BCUT2D eigenvalue weighted by molar-refractivity contribution is 5.99. The number of hydrogen-bond acceptors (Lipinski definition) is 3. The Morgan fingerprint density at radius 1 is 1.32 bits per heavy atom. The van der Waals surface area contributed by atoms with Gasteiger partial charge in [0.1, 0.15) is 5.75 Å². The molecule has 0 saturated heterocycles. The van der Waals surface area contributed by atoms with Gasteiger partial charge in [-0.15, -0.1) is 0 Å². The molecule has 3 N–H and O–H groups in total. The smallest absolute Gasteiger partial charge is 0.244 e. The van der Waals surface area contributed by atoms with E-state index < -0.39 is 5.54 Å². The second kappa shape index (κ2) is 5.61. The lowest BCUT2D eigenvalue weighted by Gasteiger charge is -2.32. The number of amides is 1. The molecule has 19 heavy (non-hydrogen) atoms. The van der Waals surface area contributed by atoms with E-state index in [0.717, 1.165) is 31.2 Å². The summed E-state index contributed by atoms with van der Waals surface area (Å²) in [5.41, 5.74) is 7.27. The number of nitrogens with one attached hydrogen (secondary N) is 1. The summed E-state index contributed by atoms with van der Waals surface area (Å²) < 4.78 is 5.29. The zero-order valence-electron chi connectivity index (χ0n) is 11.7. The third-order valence-corrected chi connectivity index (χ3v) is 3.80. The molecule has 1 aliphatic carbocycles. The van der Waals surface area contributed by atoms with Gasteiger partial charge in [0, 0.05) is 0 Å². The second-order valence-corrected chi connectivity index (χ2v) is 5.37. The summed E-state index contributed by atoms with van der Waals surface area (Å²) >= 11 is 0. The van der Waals surface area contributed by atoms with Crippen molar-refractivity contribution in [2.45, 2.75) is 44.6 Å². The van der Waals surface area contributed by atoms with Crippen LogP contribution in [0.4, 0.5) is 5.69 Å². The molecule has 1 aromatic rings. The third-order valence-electron chi connectivity index (χ3n) is 3.80. The maximum absolute atomic E-state index is 12.4. The minimum atomic E-state index is -0.728. The fourth-order valence-corrected chi connectivity index (χ4v) is 2.56. The first-order valence-electron chi connectivity index (χ1n) is 6.80. The van der Waals surface area contributed by atoms with Gasteiger partial charge in [-0.25, -0.2) is 0 Å². The van der Waals surface area contributed by atoms with Crippen LogP contribution in [0, 0.1) is 6.92 Å². The van der Waals surface area contributed by atoms with Gasteiger partial charge in [-0.2, -0.15) is 0 Å². The van der Waals surface area contributed by atoms with Gasteiger partial charge in [0.2, 0.25) is 5.91 Å². The molecule has 1 saturated carbocycles. The minimum absolute atomic E-state index is 0.102. The number of methoxy groups -OCH3 is 1. The topological polar surface area (TPSA) is 64.3 Å². The summed E-state index contributed by atoms with van der Waals surface area (Å²) in [6, 6.07) is 5.71. The van der Waals surface area contributed by atoms with Crippen LogP contribution in [0.5, 0.6) is 5.75 Å². The van der Waals surface area contributed by atoms with E-state index in [9.17, 15) is 4.79 Å². The number of rotatable bonds is 3. The van der Waals surface area contributed by atoms with Gasteiger partial charge < -0.3 is 15.8 Å². The molecule has 4 nitrogen and oxygen atoms in total. The lowest BCUT2D eigenvalue weighted by molar-refractivity contribution is -0.122. The average Bonchev–Trinajstić information content (AvgIpc) is 2.41. The molecule has 0 aliphatic heterocycles. The van der Waals surface area contributed by atoms with Crippen molar-refractivity contribution in [3.63, 3.8) is 0 Å². The molecule has 0 radical (unpaired) electrons. The number of aryl methyl sites for hydroxylation is 1. The molecule has 1 aromatic carbocycles. The van der Waals surface area contributed by atoms with Crippen LogP contribution in [0.1, 0.15) is 37.7 Å². The monoisotopic (exact) mass is 262 g/mol. The number of anilines is 1. The van der Waals surface area contributed by atoms with Crippen molar-refractivity contribution in [1.29, 1.82) is 0 Å². The predicted molar refractivity (Wildman–Crippen MR) is 76.4 cm³/mol. The van der Waals surface area contributed by atoms with Gasteiger partial charge in [0.05, 0.1) is 18.3 Å². The summed E-state index contributed by atoms with van der Waals surface area (Å²) in [6.45, 7) is 1.99. The Morgan fingerprint density at radius 2 is 2.00 bits per heavy atom. The first-order chi connectivity index (χ1) is 9.05. The van der Waals surface area contributed by atoms with Crippen molar-refractivity contribution in [1.82, 2.24) is 0 Å². The summed E-state index contributed by atoms with van der Waals surface area (Å²) in [4.78, 5) is 12.4. The van der Waals surface area contributed by atoms with E-state index in [1.54, 1.807) is 7.11 Å². The molecular weight excluding hydrogens is 240 g/mol. The molecule has 0 spiro atoms. The summed E-state index contributed by atoms with van der Waals surface area (Å²) in [5.74, 6) is 0.571. The van der Waals surface area contributed by atoms with Gasteiger partial charge in [0.25, 0.3) is 0 Å². The van der Waals surface area contributed by atoms with Crippen LogP contribution in [-0.4, -0.2) is 18.6 Å². The maximum atomic E-state index is 12.4. The second-order valence-electron chi connectivity index (χ2n) is 5.37.